The first-order chi connectivity index (χ1) is 15.0. The molecule has 1 aliphatic rings. The topological polar surface area (TPSA) is 60.0 Å². The molecule has 2 aromatic carbocycles. The highest BCUT2D eigenvalue weighted by Gasteiger charge is 2.23. The number of thioether (sulfide) groups is 1. The zero-order valence-corrected chi connectivity index (χ0v) is 19.6. The Morgan fingerprint density at radius 3 is 2.35 bits per heavy atom. The summed E-state index contributed by atoms with van der Waals surface area (Å²) < 4.78 is 17.3. The third-order valence-electron chi connectivity index (χ3n) is 4.80. The van der Waals surface area contributed by atoms with Gasteiger partial charge in [0.15, 0.2) is 11.5 Å². The van der Waals surface area contributed by atoms with E-state index in [0.29, 0.717) is 55.4 Å². The van der Waals surface area contributed by atoms with Crippen LogP contribution in [0.5, 0.6) is 17.2 Å². The molecule has 1 atom stereocenters. The summed E-state index contributed by atoms with van der Waals surface area (Å²) in [6, 6.07) is 12.1. The molecular formula is C24H32N2O4S. The van der Waals surface area contributed by atoms with Crippen LogP contribution in [0.15, 0.2) is 41.3 Å². The van der Waals surface area contributed by atoms with Gasteiger partial charge in [0.05, 0.1) is 32.1 Å². The van der Waals surface area contributed by atoms with Crippen LogP contribution in [0.4, 0.5) is 5.69 Å². The summed E-state index contributed by atoms with van der Waals surface area (Å²) in [7, 11) is 0. The quantitative estimate of drug-likeness (QED) is 0.582. The summed E-state index contributed by atoms with van der Waals surface area (Å²) in [4.78, 5) is 16.1. The highest BCUT2D eigenvalue weighted by Crippen LogP contribution is 2.39. The number of carbonyl (C=O) groups is 1. The van der Waals surface area contributed by atoms with E-state index in [9.17, 15) is 4.79 Å². The maximum Gasteiger partial charge on any atom is 0.239 e. The molecule has 1 heterocycles. The standard InChI is InChI=1S/C24H32N2O4S/c1-5-28-20-12-18(13-21(29-6-2)24(20)30-7-3)14-25-23(27)16-26-15-17(4)31-22-11-9-8-10-19(22)26/h8-13,17H,5-7,14-16H2,1-4H3,(H,25,27)/t17-/m0/s1. The average Bonchev–Trinajstić information content (AvgIpc) is 2.75. The van der Waals surface area contributed by atoms with Crippen LogP contribution in [-0.4, -0.2) is 44.1 Å². The molecule has 1 aliphatic heterocycles. The van der Waals surface area contributed by atoms with Gasteiger partial charge in [0.25, 0.3) is 0 Å². The highest BCUT2D eigenvalue weighted by molar-refractivity contribution is 8.00. The number of fused-ring (bicyclic) bond motifs is 1. The Morgan fingerprint density at radius 2 is 1.71 bits per heavy atom. The fraction of sp³-hybridized carbons (Fsp3) is 0.458. The number of benzene rings is 2. The molecule has 0 saturated carbocycles. The lowest BCUT2D eigenvalue weighted by Gasteiger charge is -2.33. The van der Waals surface area contributed by atoms with Gasteiger partial charge in [0, 0.05) is 23.2 Å². The lowest BCUT2D eigenvalue weighted by atomic mass is 10.1. The van der Waals surface area contributed by atoms with Crippen molar-refractivity contribution >= 4 is 23.4 Å². The van der Waals surface area contributed by atoms with Crippen molar-refractivity contribution in [3.63, 3.8) is 0 Å². The Morgan fingerprint density at radius 1 is 1.06 bits per heavy atom. The largest absolute Gasteiger partial charge is 0.490 e. The summed E-state index contributed by atoms with van der Waals surface area (Å²) in [5, 5.41) is 3.48. The summed E-state index contributed by atoms with van der Waals surface area (Å²) in [5.74, 6) is 1.86. The van der Waals surface area contributed by atoms with Crippen LogP contribution < -0.4 is 24.4 Å². The predicted octanol–water partition coefficient (Wildman–Crippen LogP) is 4.50. The molecule has 0 spiro atoms. The zero-order valence-electron chi connectivity index (χ0n) is 18.8. The van der Waals surface area contributed by atoms with Crippen LogP contribution in [0.1, 0.15) is 33.3 Å². The second-order valence-corrected chi connectivity index (χ2v) is 8.75. The van der Waals surface area contributed by atoms with Crippen LogP contribution in [0.3, 0.4) is 0 Å². The van der Waals surface area contributed by atoms with Crippen molar-refractivity contribution in [1.82, 2.24) is 5.32 Å². The van der Waals surface area contributed by atoms with E-state index >= 15 is 0 Å². The second kappa shape index (κ2) is 11.2. The van der Waals surface area contributed by atoms with Crippen LogP contribution >= 0.6 is 11.8 Å². The van der Waals surface area contributed by atoms with Crippen LogP contribution in [0.2, 0.25) is 0 Å². The third-order valence-corrected chi connectivity index (χ3v) is 5.96. The number of carbonyl (C=O) groups excluding carboxylic acids is 1. The van der Waals surface area contributed by atoms with Gasteiger partial charge in [-0.2, -0.15) is 0 Å². The minimum Gasteiger partial charge on any atom is -0.490 e. The van der Waals surface area contributed by atoms with Gasteiger partial charge in [0.1, 0.15) is 0 Å². The number of ether oxygens (including phenoxy) is 3. The van der Waals surface area contributed by atoms with Crippen LogP contribution in [0.25, 0.3) is 0 Å². The van der Waals surface area contributed by atoms with Crippen molar-refractivity contribution in [1.29, 1.82) is 0 Å². The number of para-hydroxylation sites is 1. The molecular weight excluding hydrogens is 412 g/mol. The lowest BCUT2D eigenvalue weighted by Crippen LogP contribution is -2.41. The van der Waals surface area contributed by atoms with Crippen molar-refractivity contribution in [3.05, 3.63) is 42.0 Å². The van der Waals surface area contributed by atoms with Crippen molar-refractivity contribution in [2.75, 3.05) is 37.8 Å². The van der Waals surface area contributed by atoms with Gasteiger partial charge in [-0.3, -0.25) is 4.79 Å². The molecule has 0 aliphatic carbocycles. The molecule has 7 heteroatoms. The van der Waals surface area contributed by atoms with Crippen molar-refractivity contribution in [2.45, 2.75) is 44.4 Å². The average molecular weight is 445 g/mol. The van der Waals surface area contributed by atoms with Gasteiger partial charge in [-0.05, 0) is 50.6 Å². The smallest absolute Gasteiger partial charge is 0.239 e. The summed E-state index contributed by atoms with van der Waals surface area (Å²) in [6.07, 6.45) is 0. The SMILES string of the molecule is CCOc1cc(CNC(=O)CN2C[C@H](C)Sc3ccccc32)cc(OCC)c1OCC. The summed E-state index contributed by atoms with van der Waals surface area (Å²) in [6.45, 7) is 11.1. The molecule has 1 amide bonds. The van der Waals surface area contributed by atoms with Gasteiger partial charge in [0.2, 0.25) is 11.7 Å². The molecule has 6 nitrogen and oxygen atoms in total. The number of anilines is 1. The van der Waals surface area contributed by atoms with Crippen molar-refractivity contribution in [2.24, 2.45) is 0 Å². The molecule has 0 aromatic heterocycles. The van der Waals surface area contributed by atoms with Gasteiger partial charge >= 0.3 is 0 Å². The number of hydrogen-bond donors (Lipinski definition) is 1. The molecule has 0 radical (unpaired) electrons. The lowest BCUT2D eigenvalue weighted by molar-refractivity contribution is -0.119. The predicted molar refractivity (Wildman–Crippen MR) is 126 cm³/mol. The second-order valence-electron chi connectivity index (χ2n) is 7.27. The monoisotopic (exact) mass is 444 g/mol. The van der Waals surface area contributed by atoms with E-state index in [-0.39, 0.29) is 5.91 Å². The first-order valence-corrected chi connectivity index (χ1v) is 11.8. The van der Waals surface area contributed by atoms with Gasteiger partial charge < -0.3 is 24.4 Å². The van der Waals surface area contributed by atoms with E-state index in [4.69, 9.17) is 14.2 Å². The third kappa shape index (κ3) is 6.00. The Balaban J connectivity index is 1.70. The summed E-state index contributed by atoms with van der Waals surface area (Å²) >= 11 is 1.86. The van der Waals surface area contributed by atoms with Gasteiger partial charge in [-0.25, -0.2) is 0 Å². The van der Waals surface area contributed by atoms with E-state index in [1.165, 1.54) is 4.90 Å². The normalized spacial score (nSPS) is 15.2. The molecule has 0 bridgehead atoms. The fourth-order valence-electron chi connectivity index (χ4n) is 3.61. The molecule has 2 aromatic rings. The van der Waals surface area contributed by atoms with Crippen molar-refractivity contribution < 1.29 is 19.0 Å². The number of rotatable bonds is 10. The van der Waals surface area contributed by atoms with Crippen LogP contribution in [-0.2, 0) is 11.3 Å². The molecule has 3 rings (SSSR count). The Bertz CT molecular complexity index is 863. The number of nitrogens with zero attached hydrogens (tertiary/aromatic N) is 1. The maximum absolute atomic E-state index is 12.7. The molecule has 0 fully saturated rings. The molecule has 0 unspecified atom stereocenters. The first kappa shape index (κ1) is 23.1. The minimum absolute atomic E-state index is 0.0151. The van der Waals surface area contributed by atoms with E-state index in [2.05, 4.69) is 29.3 Å². The fourth-order valence-corrected chi connectivity index (χ4v) is 4.77. The minimum atomic E-state index is -0.0151. The van der Waals surface area contributed by atoms with E-state index < -0.39 is 0 Å². The van der Waals surface area contributed by atoms with Crippen LogP contribution in [0, 0.1) is 0 Å². The summed E-state index contributed by atoms with van der Waals surface area (Å²) in [5.41, 5.74) is 2.03. The number of amides is 1. The van der Waals surface area contributed by atoms with E-state index in [1.54, 1.807) is 0 Å². The maximum atomic E-state index is 12.7. The Hall–Kier alpha value is -2.54. The Labute approximate surface area is 189 Å². The molecule has 1 N–H and O–H groups in total. The Kier molecular flexibility index (Phi) is 8.35. The number of nitrogens with one attached hydrogen (secondary N) is 1. The van der Waals surface area contributed by atoms with Crippen molar-refractivity contribution in [3.8, 4) is 17.2 Å². The van der Waals surface area contributed by atoms with Gasteiger partial charge in [-0.15, -0.1) is 11.8 Å². The van der Waals surface area contributed by atoms with E-state index in [1.807, 2.05) is 56.8 Å². The first-order valence-electron chi connectivity index (χ1n) is 10.9. The number of hydrogen-bond acceptors (Lipinski definition) is 6. The molecule has 168 valence electrons. The van der Waals surface area contributed by atoms with Gasteiger partial charge in [-0.1, -0.05) is 19.1 Å². The zero-order chi connectivity index (χ0) is 22.2. The highest BCUT2D eigenvalue weighted by atomic mass is 32.2. The molecule has 31 heavy (non-hydrogen) atoms. The molecule has 0 saturated heterocycles. The van der Waals surface area contributed by atoms with E-state index in [0.717, 1.165) is 17.8 Å².